The number of anilines is 1. The van der Waals surface area contributed by atoms with Gasteiger partial charge < -0.3 is 15.0 Å². The number of aromatic nitrogens is 1. The maximum Gasteiger partial charge on any atom is 0.234 e. The van der Waals surface area contributed by atoms with Crippen molar-refractivity contribution in [2.75, 3.05) is 17.7 Å². The number of carbonyl (C=O) groups is 1. The number of amides is 1. The molecule has 0 saturated carbocycles. The average Bonchev–Trinajstić information content (AvgIpc) is 2.57. The van der Waals surface area contributed by atoms with E-state index in [0.29, 0.717) is 29.8 Å². The Bertz CT molecular complexity index is 815. The smallest absolute Gasteiger partial charge is 0.234 e. The normalized spacial score (nSPS) is 10.8. The van der Waals surface area contributed by atoms with Gasteiger partial charge in [0.2, 0.25) is 11.3 Å². The highest BCUT2D eigenvalue weighted by Crippen LogP contribution is 2.16. The second-order valence-electron chi connectivity index (χ2n) is 6.73. The van der Waals surface area contributed by atoms with Crippen molar-refractivity contribution < 1.29 is 9.53 Å². The van der Waals surface area contributed by atoms with E-state index in [9.17, 15) is 9.59 Å². The van der Waals surface area contributed by atoms with Crippen LogP contribution >= 0.6 is 11.8 Å². The Morgan fingerprint density at radius 3 is 2.65 bits per heavy atom. The number of H-pyrrole nitrogens is 1. The first-order valence-electron chi connectivity index (χ1n) is 8.64. The van der Waals surface area contributed by atoms with Crippen LogP contribution in [0.4, 0.5) is 5.69 Å². The van der Waals surface area contributed by atoms with E-state index in [2.05, 4.69) is 10.3 Å². The Balaban J connectivity index is 1.81. The lowest BCUT2D eigenvalue weighted by atomic mass is 10.1. The van der Waals surface area contributed by atoms with Crippen LogP contribution in [0.1, 0.15) is 30.7 Å². The summed E-state index contributed by atoms with van der Waals surface area (Å²) in [6.45, 7) is 8.63. The molecule has 0 aliphatic carbocycles. The van der Waals surface area contributed by atoms with E-state index < -0.39 is 0 Å². The minimum atomic E-state index is -0.139. The molecule has 0 bridgehead atoms. The number of pyridine rings is 1. The van der Waals surface area contributed by atoms with Gasteiger partial charge in [0.25, 0.3) is 0 Å². The van der Waals surface area contributed by atoms with Gasteiger partial charge in [-0.2, -0.15) is 0 Å². The molecule has 2 aromatic rings. The predicted molar refractivity (Wildman–Crippen MR) is 108 cm³/mol. The predicted octanol–water partition coefficient (Wildman–Crippen LogP) is 3.90. The minimum absolute atomic E-state index is 0.0579. The van der Waals surface area contributed by atoms with Gasteiger partial charge in [-0.3, -0.25) is 9.59 Å². The van der Waals surface area contributed by atoms with E-state index in [1.165, 1.54) is 23.4 Å². The number of benzene rings is 1. The number of rotatable bonds is 8. The van der Waals surface area contributed by atoms with Crippen molar-refractivity contribution in [3.8, 4) is 5.75 Å². The topological polar surface area (TPSA) is 71.2 Å². The van der Waals surface area contributed by atoms with E-state index in [1.807, 2.05) is 45.9 Å². The van der Waals surface area contributed by atoms with Crippen LogP contribution in [-0.4, -0.2) is 23.3 Å². The van der Waals surface area contributed by atoms with Crippen LogP contribution in [-0.2, 0) is 10.5 Å². The molecule has 0 aliphatic rings. The second kappa shape index (κ2) is 9.48. The zero-order valence-electron chi connectivity index (χ0n) is 15.7. The van der Waals surface area contributed by atoms with Gasteiger partial charge in [0.05, 0.1) is 12.4 Å². The molecule has 6 heteroatoms. The zero-order valence-corrected chi connectivity index (χ0v) is 16.5. The van der Waals surface area contributed by atoms with Crippen LogP contribution in [0.5, 0.6) is 5.75 Å². The van der Waals surface area contributed by atoms with Crippen molar-refractivity contribution in [1.82, 2.24) is 4.98 Å². The summed E-state index contributed by atoms with van der Waals surface area (Å²) >= 11 is 1.45. The van der Waals surface area contributed by atoms with Gasteiger partial charge in [-0.05, 0) is 43.0 Å². The fourth-order valence-corrected chi connectivity index (χ4v) is 2.97. The summed E-state index contributed by atoms with van der Waals surface area (Å²) in [6, 6.07) is 7.39. The van der Waals surface area contributed by atoms with E-state index in [0.717, 1.165) is 16.9 Å². The number of aromatic amines is 1. The van der Waals surface area contributed by atoms with Crippen molar-refractivity contribution in [2.45, 2.75) is 33.4 Å². The summed E-state index contributed by atoms with van der Waals surface area (Å²) in [5.74, 6) is 1.51. The first-order chi connectivity index (χ1) is 12.3. The lowest BCUT2D eigenvalue weighted by molar-refractivity contribution is -0.113. The van der Waals surface area contributed by atoms with Crippen LogP contribution in [0, 0.1) is 19.8 Å². The maximum absolute atomic E-state index is 12.0. The number of hydrogen-bond donors (Lipinski definition) is 2. The van der Waals surface area contributed by atoms with Crippen LogP contribution in [0.3, 0.4) is 0 Å². The molecule has 0 aliphatic heterocycles. The van der Waals surface area contributed by atoms with Gasteiger partial charge in [-0.15, -0.1) is 11.8 Å². The van der Waals surface area contributed by atoms with E-state index >= 15 is 0 Å². The monoisotopic (exact) mass is 374 g/mol. The highest BCUT2D eigenvalue weighted by molar-refractivity contribution is 7.99. The third-order valence-electron chi connectivity index (χ3n) is 3.79. The molecule has 1 aromatic heterocycles. The fourth-order valence-electron chi connectivity index (χ4n) is 2.22. The highest BCUT2D eigenvalue weighted by atomic mass is 32.2. The molecule has 140 valence electrons. The number of nitrogens with one attached hydrogen (secondary N) is 2. The summed E-state index contributed by atoms with van der Waals surface area (Å²) in [7, 11) is 0. The van der Waals surface area contributed by atoms with Crippen molar-refractivity contribution in [2.24, 2.45) is 5.92 Å². The number of thioether (sulfide) groups is 1. The number of carbonyl (C=O) groups excluding carboxylic acids is 1. The lowest BCUT2D eigenvalue weighted by Gasteiger charge is -2.09. The Hall–Kier alpha value is -2.21. The molecule has 2 rings (SSSR count). The minimum Gasteiger partial charge on any atom is -0.488 e. The molecule has 5 nitrogen and oxygen atoms in total. The largest absolute Gasteiger partial charge is 0.488 e. The molecule has 26 heavy (non-hydrogen) atoms. The Labute approximate surface area is 158 Å². The third-order valence-corrected chi connectivity index (χ3v) is 4.77. The molecular formula is C20H26N2O3S. The van der Waals surface area contributed by atoms with Gasteiger partial charge in [-0.25, -0.2) is 0 Å². The Morgan fingerprint density at radius 1 is 1.23 bits per heavy atom. The molecule has 0 spiro atoms. The number of hydrogen-bond acceptors (Lipinski definition) is 4. The van der Waals surface area contributed by atoms with Crippen LogP contribution < -0.4 is 15.5 Å². The summed E-state index contributed by atoms with van der Waals surface area (Å²) in [4.78, 5) is 27.1. The van der Waals surface area contributed by atoms with Gasteiger partial charge in [0, 0.05) is 29.4 Å². The molecule has 1 aromatic carbocycles. The fraction of sp³-hybridized carbons (Fsp3) is 0.400. The zero-order chi connectivity index (χ0) is 19.1. The quantitative estimate of drug-likeness (QED) is 0.735. The van der Waals surface area contributed by atoms with Crippen molar-refractivity contribution in [1.29, 1.82) is 0 Å². The molecule has 2 N–H and O–H groups in total. The summed E-state index contributed by atoms with van der Waals surface area (Å²) in [5, 5.41) is 2.89. The van der Waals surface area contributed by atoms with Gasteiger partial charge in [0.1, 0.15) is 0 Å². The summed E-state index contributed by atoms with van der Waals surface area (Å²) in [6.07, 6.45) is 1.59. The first-order valence-corrected chi connectivity index (χ1v) is 9.80. The molecule has 0 radical (unpaired) electrons. The SMILES string of the molecule is Cc1ccc(NC(=O)CSCc2cc(=O)c(OCC(C)C)c[nH]2)cc1C. The summed E-state index contributed by atoms with van der Waals surface area (Å²) in [5.41, 5.74) is 3.78. The van der Waals surface area contributed by atoms with Crippen LogP contribution in [0.15, 0.2) is 35.3 Å². The summed E-state index contributed by atoms with van der Waals surface area (Å²) < 4.78 is 5.47. The molecule has 1 heterocycles. The van der Waals surface area contributed by atoms with Crippen LogP contribution in [0.2, 0.25) is 0 Å². The molecular weight excluding hydrogens is 348 g/mol. The average molecular weight is 375 g/mol. The van der Waals surface area contributed by atoms with Crippen molar-refractivity contribution >= 4 is 23.4 Å². The maximum atomic E-state index is 12.0. The molecule has 0 saturated heterocycles. The van der Waals surface area contributed by atoms with E-state index in [1.54, 1.807) is 6.20 Å². The lowest BCUT2D eigenvalue weighted by Crippen LogP contribution is -2.15. The molecule has 0 unspecified atom stereocenters. The van der Waals surface area contributed by atoms with Crippen LogP contribution in [0.25, 0.3) is 0 Å². The number of aryl methyl sites for hydroxylation is 2. The number of ether oxygens (including phenoxy) is 1. The standard InChI is InChI=1S/C20H26N2O3S/c1-13(2)10-25-19-9-21-17(8-18(19)23)11-26-12-20(24)22-16-6-5-14(3)15(4)7-16/h5-9,13H,10-12H2,1-4H3,(H,21,23)(H,22,24). The van der Waals surface area contributed by atoms with E-state index in [4.69, 9.17) is 4.74 Å². The Morgan fingerprint density at radius 2 is 2.00 bits per heavy atom. The van der Waals surface area contributed by atoms with E-state index in [-0.39, 0.29) is 11.3 Å². The van der Waals surface area contributed by atoms with Crippen molar-refractivity contribution in [3.05, 3.63) is 57.5 Å². The third kappa shape index (κ3) is 6.26. The van der Waals surface area contributed by atoms with Crippen molar-refractivity contribution in [3.63, 3.8) is 0 Å². The Kier molecular flexibility index (Phi) is 7.33. The molecule has 0 atom stereocenters. The molecule has 0 fully saturated rings. The first kappa shape index (κ1) is 20.1. The second-order valence-corrected chi connectivity index (χ2v) is 7.72. The van der Waals surface area contributed by atoms with Gasteiger partial charge in [-0.1, -0.05) is 19.9 Å². The molecule has 1 amide bonds. The van der Waals surface area contributed by atoms with Gasteiger partial charge in [0.15, 0.2) is 5.75 Å². The highest BCUT2D eigenvalue weighted by Gasteiger charge is 2.07. The van der Waals surface area contributed by atoms with Gasteiger partial charge >= 0.3 is 0 Å².